The van der Waals surface area contributed by atoms with E-state index in [1.54, 1.807) is 0 Å². The Hall–Kier alpha value is -2.69. The minimum Gasteiger partial charge on any atom is -0.473 e. The minimum atomic E-state index is -0.0688. The first kappa shape index (κ1) is 18.1. The average molecular weight is 353 g/mol. The van der Waals surface area contributed by atoms with Gasteiger partial charge in [-0.3, -0.25) is 0 Å². The standard InChI is InChI=1S/C21H27N3O2/c1-16-9-10-17(2)20(18(16)3)26-15-22-21(25)24-13-11-23(12-14-24)19-7-5-4-6-8-19/h4-10H,11-15H2,1-3H3,(H,22,25). The maximum absolute atomic E-state index is 12.4. The van der Waals surface area contributed by atoms with Gasteiger partial charge in [-0.2, -0.15) is 0 Å². The van der Waals surface area contributed by atoms with Gasteiger partial charge in [-0.15, -0.1) is 0 Å². The van der Waals surface area contributed by atoms with Crippen molar-refractivity contribution in [2.45, 2.75) is 20.8 Å². The van der Waals surface area contributed by atoms with E-state index in [2.05, 4.69) is 35.3 Å². The number of rotatable bonds is 4. The molecule has 1 N–H and O–H groups in total. The Bertz CT molecular complexity index is 753. The molecule has 0 bridgehead atoms. The summed E-state index contributed by atoms with van der Waals surface area (Å²) < 4.78 is 5.83. The number of aryl methyl sites for hydroxylation is 2. The van der Waals surface area contributed by atoms with Gasteiger partial charge < -0.3 is 19.9 Å². The third-order valence-corrected chi connectivity index (χ3v) is 5.00. The molecule has 1 saturated heterocycles. The van der Waals surface area contributed by atoms with E-state index in [0.717, 1.165) is 30.0 Å². The smallest absolute Gasteiger partial charge is 0.320 e. The number of hydrogen-bond donors (Lipinski definition) is 1. The Morgan fingerprint density at radius 2 is 1.62 bits per heavy atom. The number of anilines is 1. The fraction of sp³-hybridized carbons (Fsp3) is 0.381. The molecule has 0 aliphatic carbocycles. The Balaban J connectivity index is 1.47. The van der Waals surface area contributed by atoms with Crippen LogP contribution in [0.4, 0.5) is 10.5 Å². The molecule has 2 aromatic carbocycles. The van der Waals surface area contributed by atoms with Crippen LogP contribution in [0.25, 0.3) is 0 Å². The summed E-state index contributed by atoms with van der Waals surface area (Å²) in [6.45, 7) is 9.42. The average Bonchev–Trinajstić information content (AvgIpc) is 2.68. The Labute approximate surface area is 155 Å². The van der Waals surface area contributed by atoms with Gasteiger partial charge in [0.15, 0.2) is 6.73 Å². The fourth-order valence-electron chi connectivity index (χ4n) is 3.24. The molecule has 0 saturated carbocycles. The fourth-order valence-corrected chi connectivity index (χ4v) is 3.24. The van der Waals surface area contributed by atoms with Gasteiger partial charge in [0, 0.05) is 31.9 Å². The lowest BCUT2D eigenvalue weighted by atomic mass is 10.1. The van der Waals surface area contributed by atoms with Crippen molar-refractivity contribution in [3.63, 3.8) is 0 Å². The van der Waals surface area contributed by atoms with Gasteiger partial charge in [0.05, 0.1) is 0 Å². The lowest BCUT2D eigenvalue weighted by Gasteiger charge is -2.36. The molecule has 0 spiro atoms. The Morgan fingerprint density at radius 1 is 0.962 bits per heavy atom. The topological polar surface area (TPSA) is 44.8 Å². The minimum absolute atomic E-state index is 0.0688. The Kier molecular flexibility index (Phi) is 5.66. The number of hydrogen-bond acceptors (Lipinski definition) is 3. The number of amides is 2. The zero-order chi connectivity index (χ0) is 18.5. The number of nitrogens with one attached hydrogen (secondary N) is 1. The number of piperazine rings is 1. The van der Waals surface area contributed by atoms with Crippen LogP contribution in [0, 0.1) is 20.8 Å². The molecule has 26 heavy (non-hydrogen) atoms. The lowest BCUT2D eigenvalue weighted by Crippen LogP contribution is -2.52. The normalized spacial score (nSPS) is 14.3. The highest BCUT2D eigenvalue weighted by Gasteiger charge is 2.21. The molecule has 1 fully saturated rings. The van der Waals surface area contributed by atoms with Gasteiger partial charge in [0.1, 0.15) is 5.75 Å². The molecule has 0 aromatic heterocycles. The molecule has 5 nitrogen and oxygen atoms in total. The first-order valence-electron chi connectivity index (χ1n) is 9.08. The second-order valence-corrected chi connectivity index (χ2v) is 6.73. The van der Waals surface area contributed by atoms with E-state index in [1.807, 2.05) is 43.0 Å². The van der Waals surface area contributed by atoms with Gasteiger partial charge in [0.25, 0.3) is 0 Å². The number of carbonyl (C=O) groups is 1. The number of nitrogens with zero attached hydrogens (tertiary/aromatic N) is 2. The van der Waals surface area contributed by atoms with Crippen molar-refractivity contribution in [2.24, 2.45) is 0 Å². The number of urea groups is 1. The predicted octanol–water partition coefficient (Wildman–Crippen LogP) is 3.48. The summed E-state index contributed by atoms with van der Waals surface area (Å²) in [5.41, 5.74) is 4.60. The van der Waals surface area contributed by atoms with Crippen molar-refractivity contribution in [1.29, 1.82) is 0 Å². The molecular weight excluding hydrogens is 326 g/mol. The van der Waals surface area contributed by atoms with E-state index in [-0.39, 0.29) is 12.8 Å². The highest BCUT2D eigenvalue weighted by Crippen LogP contribution is 2.25. The zero-order valence-corrected chi connectivity index (χ0v) is 15.8. The third kappa shape index (κ3) is 4.10. The predicted molar refractivity (Wildman–Crippen MR) is 105 cm³/mol. The summed E-state index contributed by atoms with van der Waals surface area (Å²) in [4.78, 5) is 16.5. The van der Waals surface area contributed by atoms with E-state index in [0.29, 0.717) is 13.1 Å². The van der Waals surface area contributed by atoms with E-state index < -0.39 is 0 Å². The van der Waals surface area contributed by atoms with Crippen LogP contribution in [0.1, 0.15) is 16.7 Å². The van der Waals surface area contributed by atoms with Crippen LogP contribution in [0.5, 0.6) is 5.75 Å². The number of carbonyl (C=O) groups excluding carboxylic acids is 1. The maximum atomic E-state index is 12.4. The van der Waals surface area contributed by atoms with Crippen LogP contribution in [0.3, 0.4) is 0 Å². The van der Waals surface area contributed by atoms with E-state index in [9.17, 15) is 4.79 Å². The highest BCUT2D eigenvalue weighted by molar-refractivity contribution is 5.74. The van der Waals surface area contributed by atoms with Gasteiger partial charge in [-0.25, -0.2) is 4.79 Å². The van der Waals surface area contributed by atoms with Crippen LogP contribution in [-0.4, -0.2) is 43.8 Å². The molecule has 5 heteroatoms. The SMILES string of the molecule is Cc1ccc(C)c(OCNC(=O)N2CCN(c3ccccc3)CC2)c1C. The molecule has 3 rings (SSSR count). The van der Waals surface area contributed by atoms with Gasteiger partial charge >= 0.3 is 6.03 Å². The molecule has 138 valence electrons. The van der Waals surface area contributed by atoms with Crippen molar-refractivity contribution in [1.82, 2.24) is 10.2 Å². The summed E-state index contributed by atoms with van der Waals surface area (Å²) in [7, 11) is 0. The molecule has 0 atom stereocenters. The molecular formula is C21H27N3O2. The van der Waals surface area contributed by atoms with E-state index >= 15 is 0 Å². The maximum Gasteiger partial charge on any atom is 0.320 e. The summed E-state index contributed by atoms with van der Waals surface area (Å²) in [6.07, 6.45) is 0. The molecule has 0 unspecified atom stereocenters. The van der Waals surface area contributed by atoms with E-state index in [1.165, 1.54) is 11.3 Å². The number of benzene rings is 2. The largest absolute Gasteiger partial charge is 0.473 e. The second-order valence-electron chi connectivity index (χ2n) is 6.73. The monoisotopic (exact) mass is 353 g/mol. The summed E-state index contributed by atoms with van der Waals surface area (Å²) in [5.74, 6) is 0.860. The van der Waals surface area contributed by atoms with Crippen LogP contribution < -0.4 is 15.0 Å². The van der Waals surface area contributed by atoms with Gasteiger partial charge in [-0.05, 0) is 49.6 Å². The molecule has 2 aromatic rings. The van der Waals surface area contributed by atoms with Crippen LogP contribution >= 0.6 is 0 Å². The number of ether oxygens (including phenoxy) is 1. The summed E-state index contributed by atoms with van der Waals surface area (Å²) in [5, 5.41) is 2.88. The lowest BCUT2D eigenvalue weighted by molar-refractivity contribution is 0.181. The van der Waals surface area contributed by atoms with E-state index in [4.69, 9.17) is 4.74 Å². The third-order valence-electron chi connectivity index (χ3n) is 5.00. The molecule has 1 heterocycles. The van der Waals surface area contributed by atoms with Gasteiger partial charge in [0.2, 0.25) is 0 Å². The quantitative estimate of drug-likeness (QED) is 0.856. The molecule has 2 amide bonds. The second kappa shape index (κ2) is 8.13. The van der Waals surface area contributed by atoms with Crippen molar-refractivity contribution >= 4 is 11.7 Å². The van der Waals surface area contributed by atoms with Gasteiger partial charge in [-0.1, -0.05) is 30.3 Å². The van der Waals surface area contributed by atoms with Crippen molar-refractivity contribution in [3.8, 4) is 5.75 Å². The van der Waals surface area contributed by atoms with Crippen molar-refractivity contribution in [3.05, 3.63) is 59.2 Å². The van der Waals surface area contributed by atoms with Crippen molar-refractivity contribution < 1.29 is 9.53 Å². The first-order valence-corrected chi connectivity index (χ1v) is 9.08. The van der Waals surface area contributed by atoms with Crippen LogP contribution in [0.15, 0.2) is 42.5 Å². The molecule has 0 radical (unpaired) electrons. The number of para-hydroxylation sites is 1. The first-order chi connectivity index (χ1) is 12.6. The summed E-state index contributed by atoms with van der Waals surface area (Å²) in [6, 6.07) is 14.4. The highest BCUT2D eigenvalue weighted by atomic mass is 16.5. The van der Waals surface area contributed by atoms with Crippen LogP contribution in [0.2, 0.25) is 0 Å². The zero-order valence-electron chi connectivity index (χ0n) is 15.8. The molecule has 1 aliphatic heterocycles. The van der Waals surface area contributed by atoms with Crippen molar-refractivity contribution in [2.75, 3.05) is 37.8 Å². The summed E-state index contributed by atoms with van der Waals surface area (Å²) >= 11 is 0. The molecule has 1 aliphatic rings. The van der Waals surface area contributed by atoms with Crippen LogP contribution in [-0.2, 0) is 0 Å². The Morgan fingerprint density at radius 3 is 2.31 bits per heavy atom.